The van der Waals surface area contributed by atoms with E-state index in [1.54, 1.807) is 0 Å². The van der Waals surface area contributed by atoms with Crippen LogP contribution in [0.3, 0.4) is 0 Å². The van der Waals surface area contributed by atoms with Gasteiger partial charge in [-0.1, -0.05) is 38.1 Å². The Balaban J connectivity index is 2.55. The molecule has 2 rings (SSSR count). The van der Waals surface area contributed by atoms with Crippen molar-refractivity contribution in [2.45, 2.75) is 31.7 Å². The van der Waals surface area contributed by atoms with Crippen molar-refractivity contribution in [1.82, 2.24) is 0 Å². The summed E-state index contributed by atoms with van der Waals surface area (Å²) >= 11 is 0. The number of fused-ring (bicyclic) bond motifs is 1. The van der Waals surface area contributed by atoms with Gasteiger partial charge in [-0.05, 0) is 17.5 Å². The van der Waals surface area contributed by atoms with Crippen molar-refractivity contribution in [2.24, 2.45) is 5.73 Å². The molecule has 0 saturated carbocycles. The van der Waals surface area contributed by atoms with Gasteiger partial charge in [0.1, 0.15) is 0 Å². The molecule has 0 unspecified atom stereocenters. The first-order valence-corrected chi connectivity index (χ1v) is 4.46. The van der Waals surface area contributed by atoms with Crippen LogP contribution < -0.4 is 5.73 Å². The van der Waals surface area contributed by atoms with Gasteiger partial charge in [-0.25, -0.2) is 0 Å². The number of hydrogen-bond donors (Lipinski definition) is 1. The van der Waals surface area contributed by atoms with Crippen LogP contribution in [0.4, 0.5) is 0 Å². The molecule has 12 heavy (non-hydrogen) atoms. The maximum Gasteiger partial charge on any atom is 0.0172 e. The van der Waals surface area contributed by atoms with Gasteiger partial charge in [0, 0.05) is 11.5 Å². The smallest absolute Gasteiger partial charge is 0.0172 e. The highest BCUT2D eigenvalue weighted by molar-refractivity contribution is 5.40. The lowest BCUT2D eigenvalue weighted by Crippen LogP contribution is -2.36. The Bertz CT molecular complexity index is 302. The van der Waals surface area contributed by atoms with E-state index < -0.39 is 0 Å². The van der Waals surface area contributed by atoms with Crippen LogP contribution in [0.1, 0.15) is 25.0 Å². The van der Waals surface area contributed by atoms with Gasteiger partial charge >= 0.3 is 0 Å². The fourth-order valence-electron chi connectivity index (χ4n) is 2.02. The van der Waals surface area contributed by atoms with Crippen molar-refractivity contribution in [1.29, 1.82) is 0 Å². The molecule has 0 amide bonds. The first kappa shape index (κ1) is 7.81. The normalized spacial score (nSPS) is 25.4. The lowest BCUT2D eigenvalue weighted by molar-refractivity contribution is 0.445. The molecular formula is C11H15N. The van der Waals surface area contributed by atoms with Crippen LogP contribution >= 0.6 is 0 Å². The summed E-state index contributed by atoms with van der Waals surface area (Å²) in [7, 11) is 0. The van der Waals surface area contributed by atoms with Gasteiger partial charge in [0.25, 0.3) is 0 Å². The van der Waals surface area contributed by atoms with Crippen molar-refractivity contribution in [3.8, 4) is 0 Å². The molecule has 64 valence electrons. The fraction of sp³-hybridized carbons (Fsp3) is 0.455. The van der Waals surface area contributed by atoms with Crippen LogP contribution in [0, 0.1) is 0 Å². The Morgan fingerprint density at radius 2 is 2.00 bits per heavy atom. The monoisotopic (exact) mass is 161 g/mol. The molecule has 1 aromatic rings. The third-order valence-electron chi connectivity index (χ3n) is 3.08. The molecule has 0 aliphatic heterocycles. The Morgan fingerprint density at radius 1 is 1.33 bits per heavy atom. The van der Waals surface area contributed by atoms with Gasteiger partial charge in [-0.3, -0.25) is 0 Å². The Labute approximate surface area is 73.6 Å². The van der Waals surface area contributed by atoms with Crippen LogP contribution in [-0.2, 0) is 11.8 Å². The summed E-state index contributed by atoms with van der Waals surface area (Å²) in [5.74, 6) is 0. The zero-order valence-corrected chi connectivity index (χ0v) is 7.67. The largest absolute Gasteiger partial charge is 0.327 e. The topological polar surface area (TPSA) is 26.0 Å². The summed E-state index contributed by atoms with van der Waals surface area (Å²) in [4.78, 5) is 0. The van der Waals surface area contributed by atoms with E-state index in [0.717, 1.165) is 6.42 Å². The van der Waals surface area contributed by atoms with E-state index in [0.29, 0.717) is 0 Å². The summed E-state index contributed by atoms with van der Waals surface area (Å²) in [6.45, 7) is 4.45. The van der Waals surface area contributed by atoms with E-state index in [1.807, 2.05) is 0 Å². The predicted octanol–water partition coefficient (Wildman–Crippen LogP) is 1.85. The van der Waals surface area contributed by atoms with Gasteiger partial charge in [-0.15, -0.1) is 0 Å². The number of nitrogens with two attached hydrogens (primary N) is 1. The highest BCUT2D eigenvalue weighted by atomic mass is 14.7. The lowest BCUT2D eigenvalue weighted by Gasteiger charge is -2.24. The highest BCUT2D eigenvalue weighted by Crippen LogP contribution is 2.36. The summed E-state index contributed by atoms with van der Waals surface area (Å²) in [5.41, 5.74) is 9.08. The number of rotatable bonds is 0. The molecule has 2 N–H and O–H groups in total. The maximum atomic E-state index is 6.06. The molecule has 1 aliphatic rings. The third-order valence-corrected chi connectivity index (χ3v) is 3.08. The van der Waals surface area contributed by atoms with Crippen LogP contribution in [0.15, 0.2) is 24.3 Å². The minimum absolute atomic E-state index is 0.163. The fourth-order valence-corrected chi connectivity index (χ4v) is 2.02. The van der Waals surface area contributed by atoms with Crippen molar-refractivity contribution in [3.05, 3.63) is 35.4 Å². The lowest BCUT2D eigenvalue weighted by atomic mass is 9.84. The summed E-state index contributed by atoms with van der Waals surface area (Å²) < 4.78 is 0. The summed E-state index contributed by atoms with van der Waals surface area (Å²) in [6.07, 6.45) is 1.03. The Hall–Kier alpha value is -0.820. The molecule has 0 heterocycles. The standard InChI is InChI=1S/C11H15N/c1-11(2)9-6-4-3-5-8(9)7-10(11)12/h3-6,10H,7,12H2,1-2H3/t10-/m0/s1. The van der Waals surface area contributed by atoms with Gasteiger partial charge in [0.05, 0.1) is 0 Å². The molecule has 1 aromatic carbocycles. The first-order valence-electron chi connectivity index (χ1n) is 4.46. The Kier molecular flexibility index (Phi) is 1.52. The van der Waals surface area contributed by atoms with Crippen molar-refractivity contribution < 1.29 is 0 Å². The van der Waals surface area contributed by atoms with Gasteiger partial charge in [-0.2, -0.15) is 0 Å². The second-order valence-electron chi connectivity index (χ2n) is 4.19. The van der Waals surface area contributed by atoms with Crippen LogP contribution in [0.2, 0.25) is 0 Å². The molecule has 1 heteroatoms. The molecule has 0 radical (unpaired) electrons. The van der Waals surface area contributed by atoms with E-state index in [4.69, 9.17) is 5.73 Å². The minimum Gasteiger partial charge on any atom is -0.327 e. The highest BCUT2D eigenvalue weighted by Gasteiger charge is 2.36. The quantitative estimate of drug-likeness (QED) is 0.617. The zero-order chi connectivity index (χ0) is 8.77. The van der Waals surface area contributed by atoms with Crippen LogP contribution in [0.5, 0.6) is 0 Å². The van der Waals surface area contributed by atoms with Crippen molar-refractivity contribution >= 4 is 0 Å². The molecule has 1 aliphatic carbocycles. The first-order chi connectivity index (χ1) is 5.62. The molecule has 0 aromatic heterocycles. The van der Waals surface area contributed by atoms with E-state index >= 15 is 0 Å². The summed E-state index contributed by atoms with van der Waals surface area (Å²) in [5, 5.41) is 0. The number of benzene rings is 1. The molecule has 0 saturated heterocycles. The maximum absolute atomic E-state index is 6.06. The second kappa shape index (κ2) is 2.33. The van der Waals surface area contributed by atoms with Gasteiger partial charge in [0.15, 0.2) is 0 Å². The van der Waals surface area contributed by atoms with E-state index in [9.17, 15) is 0 Å². The SMILES string of the molecule is CC1(C)c2ccccc2C[C@@H]1N. The van der Waals surface area contributed by atoms with Crippen LogP contribution in [0.25, 0.3) is 0 Å². The molecule has 0 spiro atoms. The average molecular weight is 161 g/mol. The second-order valence-corrected chi connectivity index (χ2v) is 4.19. The van der Waals surface area contributed by atoms with Crippen molar-refractivity contribution in [3.63, 3.8) is 0 Å². The zero-order valence-electron chi connectivity index (χ0n) is 7.67. The predicted molar refractivity (Wildman–Crippen MR) is 51.1 cm³/mol. The molecule has 0 fully saturated rings. The molecular weight excluding hydrogens is 146 g/mol. The minimum atomic E-state index is 0.163. The Morgan fingerprint density at radius 3 is 2.67 bits per heavy atom. The number of hydrogen-bond acceptors (Lipinski definition) is 1. The summed E-state index contributed by atoms with van der Waals surface area (Å²) in [6, 6.07) is 8.85. The average Bonchev–Trinajstić information content (AvgIpc) is 2.25. The third kappa shape index (κ3) is 0.896. The molecule has 1 atom stereocenters. The van der Waals surface area contributed by atoms with Crippen molar-refractivity contribution in [2.75, 3.05) is 0 Å². The molecule has 1 nitrogen and oxygen atoms in total. The van der Waals surface area contributed by atoms with E-state index in [-0.39, 0.29) is 11.5 Å². The van der Waals surface area contributed by atoms with Gasteiger partial charge in [0.2, 0.25) is 0 Å². The molecule has 0 bridgehead atoms. The van der Waals surface area contributed by atoms with Crippen LogP contribution in [-0.4, -0.2) is 6.04 Å². The van der Waals surface area contributed by atoms with E-state index in [1.165, 1.54) is 11.1 Å². The van der Waals surface area contributed by atoms with Gasteiger partial charge < -0.3 is 5.73 Å². The van der Waals surface area contributed by atoms with E-state index in [2.05, 4.69) is 38.1 Å².